The molecule has 1 aliphatic rings. The fraction of sp³-hybridized carbons (Fsp3) is 0.389. The summed E-state index contributed by atoms with van der Waals surface area (Å²) in [7, 11) is 1.96. The highest BCUT2D eigenvalue weighted by atomic mass is 35.5. The van der Waals surface area contributed by atoms with E-state index in [2.05, 4.69) is 31.3 Å². The van der Waals surface area contributed by atoms with Crippen LogP contribution in [0.1, 0.15) is 18.5 Å². The van der Waals surface area contributed by atoms with E-state index in [1.807, 2.05) is 29.9 Å². The summed E-state index contributed by atoms with van der Waals surface area (Å²) in [5, 5.41) is 10.1. The van der Waals surface area contributed by atoms with Crippen LogP contribution >= 0.6 is 11.6 Å². The van der Waals surface area contributed by atoms with Crippen LogP contribution < -0.4 is 10.2 Å². The van der Waals surface area contributed by atoms with Crippen LogP contribution in [0, 0.1) is 0 Å². The van der Waals surface area contributed by atoms with Gasteiger partial charge in [0.15, 0.2) is 0 Å². The van der Waals surface area contributed by atoms with Crippen molar-refractivity contribution in [2.24, 2.45) is 7.05 Å². The van der Waals surface area contributed by atoms with Gasteiger partial charge < -0.3 is 10.2 Å². The minimum absolute atomic E-state index is 0.472. The molecule has 1 aliphatic heterocycles. The molecule has 3 heterocycles. The molecule has 0 amide bonds. The van der Waals surface area contributed by atoms with Gasteiger partial charge in [0.05, 0.1) is 16.2 Å². The number of rotatable bonds is 4. The van der Waals surface area contributed by atoms with Gasteiger partial charge in [0.25, 0.3) is 0 Å². The van der Waals surface area contributed by atoms with Crippen molar-refractivity contribution in [2.75, 3.05) is 18.0 Å². The van der Waals surface area contributed by atoms with Crippen molar-refractivity contribution in [2.45, 2.75) is 25.4 Å². The quantitative estimate of drug-likeness (QED) is 0.779. The highest BCUT2D eigenvalue weighted by Gasteiger charge is 2.21. The number of hydrogen-bond donors (Lipinski definition) is 1. The monoisotopic (exact) mass is 356 g/mol. The summed E-state index contributed by atoms with van der Waals surface area (Å²) in [6.07, 6.45) is 5.72. The smallest absolute Gasteiger partial charge is 0.225 e. The van der Waals surface area contributed by atoms with E-state index in [1.165, 1.54) is 0 Å². The maximum Gasteiger partial charge on any atom is 0.225 e. The van der Waals surface area contributed by atoms with Crippen LogP contribution in [0.3, 0.4) is 0 Å². The Hall–Kier alpha value is -2.18. The summed E-state index contributed by atoms with van der Waals surface area (Å²) >= 11 is 6.38. The summed E-state index contributed by atoms with van der Waals surface area (Å²) < 4.78 is 1.90. The van der Waals surface area contributed by atoms with Crippen LogP contribution in [-0.4, -0.2) is 38.9 Å². The Morgan fingerprint density at radius 1 is 1.16 bits per heavy atom. The van der Waals surface area contributed by atoms with Crippen LogP contribution in [-0.2, 0) is 13.6 Å². The summed E-state index contributed by atoms with van der Waals surface area (Å²) in [5.41, 5.74) is 2.08. The predicted molar refractivity (Wildman–Crippen MR) is 99.8 cm³/mol. The molecule has 0 spiro atoms. The summed E-state index contributed by atoms with van der Waals surface area (Å²) in [6.45, 7) is 2.66. The first-order chi connectivity index (χ1) is 12.2. The van der Waals surface area contributed by atoms with E-state index in [1.54, 1.807) is 12.4 Å². The fourth-order valence-electron chi connectivity index (χ4n) is 3.46. The molecular weight excluding hydrogens is 336 g/mol. The molecule has 25 heavy (non-hydrogen) atoms. The summed E-state index contributed by atoms with van der Waals surface area (Å²) in [4.78, 5) is 10.9. The van der Waals surface area contributed by atoms with Gasteiger partial charge in [0.1, 0.15) is 0 Å². The molecular formula is C18H21ClN6. The van der Waals surface area contributed by atoms with Gasteiger partial charge >= 0.3 is 0 Å². The third kappa shape index (κ3) is 3.32. The van der Waals surface area contributed by atoms with Gasteiger partial charge in [0.2, 0.25) is 5.95 Å². The molecule has 6 nitrogen and oxygen atoms in total. The number of hydrogen-bond acceptors (Lipinski definition) is 5. The summed E-state index contributed by atoms with van der Waals surface area (Å²) in [5.74, 6) is 0.823. The number of aryl methyl sites for hydroxylation is 1. The molecule has 1 fully saturated rings. The molecule has 0 bridgehead atoms. The van der Waals surface area contributed by atoms with E-state index in [9.17, 15) is 0 Å². The molecule has 0 radical (unpaired) electrons. The number of anilines is 1. The third-order valence-corrected chi connectivity index (χ3v) is 5.10. The van der Waals surface area contributed by atoms with Gasteiger partial charge in [-0.15, -0.1) is 0 Å². The van der Waals surface area contributed by atoms with Crippen LogP contribution in [0.5, 0.6) is 0 Å². The van der Waals surface area contributed by atoms with Crippen LogP contribution in [0.25, 0.3) is 10.9 Å². The molecule has 1 N–H and O–H groups in total. The lowest BCUT2D eigenvalue weighted by molar-refractivity contribution is 0.409. The lowest BCUT2D eigenvalue weighted by Crippen LogP contribution is -2.42. The zero-order valence-electron chi connectivity index (χ0n) is 14.2. The summed E-state index contributed by atoms with van der Waals surface area (Å²) in [6, 6.07) is 8.26. The Morgan fingerprint density at radius 3 is 2.68 bits per heavy atom. The number of piperidine rings is 1. The molecule has 2 aromatic heterocycles. The van der Waals surface area contributed by atoms with E-state index in [0.717, 1.165) is 60.0 Å². The number of aromatic nitrogens is 4. The minimum Gasteiger partial charge on any atom is -0.341 e. The van der Waals surface area contributed by atoms with Crippen LogP contribution in [0.4, 0.5) is 5.95 Å². The largest absolute Gasteiger partial charge is 0.341 e. The second kappa shape index (κ2) is 6.98. The molecule has 7 heteroatoms. The zero-order chi connectivity index (χ0) is 17.2. The maximum atomic E-state index is 6.38. The third-order valence-electron chi connectivity index (χ3n) is 4.79. The van der Waals surface area contributed by atoms with E-state index in [-0.39, 0.29) is 0 Å². The van der Waals surface area contributed by atoms with Gasteiger partial charge in [-0.05, 0) is 31.0 Å². The standard InChI is InChI=1S/C18H21ClN6/c1-24-16-5-2-4-14(19)17(16)15(23-24)12-22-13-6-10-25(11-7-13)18-20-8-3-9-21-18/h2-5,8-9,13,22H,6-7,10-12H2,1H3. The number of nitrogens with one attached hydrogen (secondary N) is 1. The normalized spacial score (nSPS) is 15.8. The molecule has 3 aromatic rings. The SMILES string of the molecule is Cn1nc(CNC2CCN(c3ncccn3)CC2)c2c(Cl)cccc21. The molecule has 1 aromatic carbocycles. The highest BCUT2D eigenvalue weighted by molar-refractivity contribution is 6.35. The Bertz CT molecular complexity index is 855. The fourth-order valence-corrected chi connectivity index (χ4v) is 3.73. The Labute approximate surface area is 151 Å². The van der Waals surface area contributed by atoms with Crippen molar-refractivity contribution in [3.8, 4) is 0 Å². The van der Waals surface area contributed by atoms with Crippen molar-refractivity contribution in [1.29, 1.82) is 0 Å². The second-order valence-electron chi connectivity index (χ2n) is 6.40. The average Bonchev–Trinajstić information content (AvgIpc) is 2.98. The Morgan fingerprint density at radius 2 is 1.92 bits per heavy atom. The van der Waals surface area contributed by atoms with E-state index in [4.69, 9.17) is 11.6 Å². The van der Waals surface area contributed by atoms with Gasteiger partial charge in [-0.3, -0.25) is 4.68 Å². The molecule has 0 aliphatic carbocycles. The Balaban J connectivity index is 1.39. The highest BCUT2D eigenvalue weighted by Crippen LogP contribution is 2.26. The topological polar surface area (TPSA) is 58.9 Å². The van der Waals surface area contributed by atoms with Crippen LogP contribution in [0.2, 0.25) is 5.02 Å². The van der Waals surface area contributed by atoms with Crippen LogP contribution in [0.15, 0.2) is 36.7 Å². The molecule has 0 saturated carbocycles. The van der Waals surface area contributed by atoms with E-state index >= 15 is 0 Å². The molecule has 0 atom stereocenters. The van der Waals surface area contributed by atoms with Crippen molar-refractivity contribution in [3.05, 3.63) is 47.4 Å². The lowest BCUT2D eigenvalue weighted by Gasteiger charge is -2.32. The zero-order valence-corrected chi connectivity index (χ0v) is 14.9. The maximum absolute atomic E-state index is 6.38. The van der Waals surface area contributed by atoms with Crippen molar-refractivity contribution in [1.82, 2.24) is 25.1 Å². The molecule has 0 unspecified atom stereocenters. The molecule has 4 rings (SSSR count). The first kappa shape index (κ1) is 16.3. The number of fused-ring (bicyclic) bond motifs is 1. The van der Waals surface area contributed by atoms with Gasteiger partial charge in [-0.1, -0.05) is 17.7 Å². The molecule has 130 valence electrons. The predicted octanol–water partition coefficient (Wildman–Crippen LogP) is 2.78. The van der Waals surface area contributed by atoms with Gasteiger partial charge in [-0.25, -0.2) is 9.97 Å². The van der Waals surface area contributed by atoms with E-state index < -0.39 is 0 Å². The number of benzene rings is 1. The van der Waals surface area contributed by atoms with Gasteiger partial charge in [-0.2, -0.15) is 5.10 Å². The van der Waals surface area contributed by atoms with Gasteiger partial charge in [0, 0.05) is 50.5 Å². The average molecular weight is 357 g/mol. The number of nitrogens with zero attached hydrogens (tertiary/aromatic N) is 5. The van der Waals surface area contributed by atoms with Crippen molar-refractivity contribution in [3.63, 3.8) is 0 Å². The van der Waals surface area contributed by atoms with Crippen molar-refractivity contribution < 1.29 is 0 Å². The molecule has 1 saturated heterocycles. The second-order valence-corrected chi connectivity index (χ2v) is 6.80. The lowest BCUT2D eigenvalue weighted by atomic mass is 10.1. The minimum atomic E-state index is 0.472. The van der Waals surface area contributed by atoms with Crippen molar-refractivity contribution >= 4 is 28.5 Å². The first-order valence-corrected chi connectivity index (χ1v) is 8.95. The first-order valence-electron chi connectivity index (χ1n) is 8.58. The Kier molecular flexibility index (Phi) is 4.55. The number of halogens is 1. The van der Waals surface area contributed by atoms with E-state index in [0.29, 0.717) is 6.04 Å².